The monoisotopic (exact) mass is 265 g/mol. The van der Waals surface area contributed by atoms with Gasteiger partial charge in [-0.05, 0) is 50.0 Å². The topological polar surface area (TPSA) is 53.2 Å². The number of amides is 2. The van der Waals surface area contributed by atoms with Crippen molar-refractivity contribution in [2.24, 2.45) is 11.3 Å². The summed E-state index contributed by atoms with van der Waals surface area (Å²) in [6.45, 7) is 3.08. The Labute approximate surface area is 116 Å². The molecule has 3 rings (SSSR count). The third-order valence-corrected chi connectivity index (χ3v) is 5.58. The molecule has 2 atom stereocenters. The molecule has 2 aliphatic heterocycles. The van der Waals surface area contributed by atoms with Gasteiger partial charge >= 0.3 is 6.03 Å². The first kappa shape index (κ1) is 13.2. The van der Waals surface area contributed by atoms with Crippen LogP contribution in [0.2, 0.25) is 0 Å². The molecule has 2 unspecified atom stereocenters. The van der Waals surface area contributed by atoms with E-state index in [9.17, 15) is 4.79 Å². The second-order valence-electron chi connectivity index (χ2n) is 6.63. The highest BCUT2D eigenvalue weighted by atomic mass is 16.2. The molecule has 1 saturated carbocycles. The highest BCUT2D eigenvalue weighted by molar-refractivity contribution is 5.74. The first-order valence-corrected chi connectivity index (χ1v) is 8.05. The average molecular weight is 265 g/mol. The summed E-state index contributed by atoms with van der Waals surface area (Å²) in [6.07, 6.45) is 10.5. The molecule has 2 amide bonds. The fraction of sp³-hybridized carbons (Fsp3) is 0.933. The zero-order valence-corrected chi connectivity index (χ0v) is 11.8. The van der Waals surface area contributed by atoms with Gasteiger partial charge in [0.2, 0.25) is 0 Å². The van der Waals surface area contributed by atoms with Crippen molar-refractivity contribution < 1.29 is 4.79 Å². The Morgan fingerprint density at radius 1 is 1.00 bits per heavy atom. The molecule has 19 heavy (non-hydrogen) atoms. The van der Waals surface area contributed by atoms with Crippen LogP contribution in [0, 0.1) is 11.3 Å². The predicted octanol–water partition coefficient (Wildman–Crippen LogP) is 2.01. The standard InChI is InChI=1S/C15H27N3O/c19-14-17-9-4-5-13(18-14)12-11-16-10-8-15(12)6-2-1-3-7-15/h12-13,16H,1-11H2,(H2,17,18,19). The first-order chi connectivity index (χ1) is 9.30. The van der Waals surface area contributed by atoms with Crippen molar-refractivity contribution >= 4 is 6.03 Å². The summed E-state index contributed by atoms with van der Waals surface area (Å²) in [5.74, 6) is 0.630. The van der Waals surface area contributed by atoms with Crippen molar-refractivity contribution in [3.8, 4) is 0 Å². The van der Waals surface area contributed by atoms with Crippen LogP contribution in [0.5, 0.6) is 0 Å². The summed E-state index contributed by atoms with van der Waals surface area (Å²) < 4.78 is 0. The fourth-order valence-corrected chi connectivity index (χ4v) is 4.56. The number of carbonyl (C=O) groups excluding carboxylic acids is 1. The Morgan fingerprint density at radius 2 is 1.84 bits per heavy atom. The molecule has 4 nitrogen and oxygen atoms in total. The molecule has 4 heteroatoms. The van der Waals surface area contributed by atoms with E-state index in [4.69, 9.17) is 0 Å². The van der Waals surface area contributed by atoms with E-state index in [0.29, 0.717) is 17.4 Å². The molecule has 3 N–H and O–H groups in total. The van der Waals surface area contributed by atoms with Gasteiger partial charge < -0.3 is 16.0 Å². The Kier molecular flexibility index (Phi) is 3.96. The number of rotatable bonds is 1. The predicted molar refractivity (Wildman–Crippen MR) is 76.1 cm³/mol. The zero-order valence-electron chi connectivity index (χ0n) is 11.8. The molecule has 0 radical (unpaired) electrons. The minimum Gasteiger partial charge on any atom is -0.338 e. The molecule has 3 fully saturated rings. The minimum atomic E-state index is 0.0408. The number of carbonyl (C=O) groups is 1. The van der Waals surface area contributed by atoms with Crippen LogP contribution in [0.15, 0.2) is 0 Å². The molecule has 2 saturated heterocycles. The number of piperidine rings is 1. The Hall–Kier alpha value is -0.770. The van der Waals surface area contributed by atoms with E-state index in [1.54, 1.807) is 0 Å². The van der Waals surface area contributed by atoms with Crippen LogP contribution in [-0.4, -0.2) is 31.7 Å². The lowest BCUT2D eigenvalue weighted by atomic mass is 9.60. The Balaban J connectivity index is 1.76. The molecule has 0 bridgehead atoms. The SMILES string of the molecule is O=C1NCCCC(C2CNCCC23CCCCC3)N1. The Morgan fingerprint density at radius 3 is 2.68 bits per heavy atom. The quantitative estimate of drug-likeness (QED) is 0.679. The van der Waals surface area contributed by atoms with Crippen LogP contribution in [0.3, 0.4) is 0 Å². The summed E-state index contributed by atoms with van der Waals surface area (Å²) in [4.78, 5) is 11.8. The van der Waals surface area contributed by atoms with Crippen LogP contribution in [-0.2, 0) is 0 Å². The van der Waals surface area contributed by atoms with Crippen molar-refractivity contribution in [3.05, 3.63) is 0 Å². The highest BCUT2D eigenvalue weighted by Gasteiger charge is 2.45. The van der Waals surface area contributed by atoms with Crippen molar-refractivity contribution in [2.45, 2.75) is 57.4 Å². The molecule has 1 aliphatic carbocycles. The van der Waals surface area contributed by atoms with Crippen molar-refractivity contribution in [1.29, 1.82) is 0 Å². The van der Waals surface area contributed by atoms with Gasteiger partial charge in [-0.2, -0.15) is 0 Å². The van der Waals surface area contributed by atoms with Crippen LogP contribution in [0.4, 0.5) is 4.79 Å². The number of nitrogens with one attached hydrogen (secondary N) is 3. The van der Waals surface area contributed by atoms with Gasteiger partial charge in [0.25, 0.3) is 0 Å². The normalized spacial score (nSPS) is 35.3. The largest absolute Gasteiger partial charge is 0.338 e. The van der Waals surface area contributed by atoms with Gasteiger partial charge in [0, 0.05) is 19.1 Å². The van der Waals surface area contributed by atoms with E-state index in [0.717, 1.165) is 32.5 Å². The van der Waals surface area contributed by atoms with Crippen LogP contribution < -0.4 is 16.0 Å². The average Bonchev–Trinajstić information content (AvgIpc) is 2.65. The third-order valence-electron chi connectivity index (χ3n) is 5.58. The maximum Gasteiger partial charge on any atom is 0.315 e. The molecule has 2 heterocycles. The lowest BCUT2D eigenvalue weighted by Crippen LogP contribution is -2.56. The van der Waals surface area contributed by atoms with E-state index in [-0.39, 0.29) is 6.03 Å². The molecule has 3 aliphatic rings. The van der Waals surface area contributed by atoms with E-state index in [1.165, 1.54) is 38.5 Å². The molecule has 108 valence electrons. The molecule has 1 spiro atoms. The van der Waals surface area contributed by atoms with Crippen molar-refractivity contribution in [1.82, 2.24) is 16.0 Å². The Bertz CT molecular complexity index is 317. The summed E-state index contributed by atoms with van der Waals surface area (Å²) in [5.41, 5.74) is 0.506. The first-order valence-electron chi connectivity index (χ1n) is 8.05. The number of hydrogen-bond acceptors (Lipinski definition) is 2. The van der Waals surface area contributed by atoms with Gasteiger partial charge in [-0.1, -0.05) is 19.3 Å². The zero-order chi connectivity index (χ0) is 13.1. The lowest BCUT2D eigenvalue weighted by molar-refractivity contribution is 0.0355. The van der Waals surface area contributed by atoms with Gasteiger partial charge in [-0.3, -0.25) is 0 Å². The van der Waals surface area contributed by atoms with Gasteiger partial charge in [-0.15, -0.1) is 0 Å². The molecular weight excluding hydrogens is 238 g/mol. The number of urea groups is 1. The molecular formula is C15H27N3O. The summed E-state index contributed by atoms with van der Waals surface area (Å²) >= 11 is 0. The van der Waals surface area contributed by atoms with Crippen molar-refractivity contribution in [2.75, 3.05) is 19.6 Å². The van der Waals surface area contributed by atoms with Gasteiger partial charge in [0.1, 0.15) is 0 Å². The van der Waals surface area contributed by atoms with E-state index in [1.807, 2.05) is 0 Å². The third kappa shape index (κ3) is 2.73. The fourth-order valence-electron chi connectivity index (χ4n) is 4.56. The van der Waals surface area contributed by atoms with Crippen LogP contribution >= 0.6 is 0 Å². The molecule has 0 aromatic rings. The minimum absolute atomic E-state index is 0.0408. The highest BCUT2D eigenvalue weighted by Crippen LogP contribution is 2.48. The van der Waals surface area contributed by atoms with Crippen LogP contribution in [0.25, 0.3) is 0 Å². The second kappa shape index (κ2) is 5.70. The van der Waals surface area contributed by atoms with Gasteiger partial charge in [0.05, 0.1) is 0 Å². The van der Waals surface area contributed by atoms with Crippen LogP contribution in [0.1, 0.15) is 51.4 Å². The summed E-state index contributed by atoms with van der Waals surface area (Å²) in [6, 6.07) is 0.410. The maximum atomic E-state index is 11.8. The molecule has 0 aromatic carbocycles. The summed E-state index contributed by atoms with van der Waals surface area (Å²) in [5, 5.41) is 9.73. The summed E-state index contributed by atoms with van der Waals surface area (Å²) in [7, 11) is 0. The van der Waals surface area contributed by atoms with E-state index < -0.39 is 0 Å². The molecule has 0 aromatic heterocycles. The second-order valence-corrected chi connectivity index (χ2v) is 6.63. The number of hydrogen-bond donors (Lipinski definition) is 3. The van der Waals surface area contributed by atoms with Gasteiger partial charge in [0.15, 0.2) is 0 Å². The van der Waals surface area contributed by atoms with E-state index >= 15 is 0 Å². The van der Waals surface area contributed by atoms with Gasteiger partial charge in [-0.25, -0.2) is 4.79 Å². The van der Waals surface area contributed by atoms with E-state index in [2.05, 4.69) is 16.0 Å². The lowest BCUT2D eigenvalue weighted by Gasteiger charge is -2.50. The van der Waals surface area contributed by atoms with Crippen molar-refractivity contribution in [3.63, 3.8) is 0 Å². The smallest absolute Gasteiger partial charge is 0.315 e. The maximum absolute atomic E-state index is 11.8.